The van der Waals surface area contributed by atoms with Gasteiger partial charge in [0.15, 0.2) is 5.71 Å². The highest BCUT2D eigenvalue weighted by atomic mass is 79.9. The molecule has 0 saturated carbocycles. The van der Waals surface area contributed by atoms with E-state index in [1.165, 1.54) is 61.8 Å². The van der Waals surface area contributed by atoms with Crippen molar-refractivity contribution in [2.24, 2.45) is 15.0 Å². The van der Waals surface area contributed by atoms with Crippen molar-refractivity contribution < 1.29 is 24.2 Å². The molecule has 13 heteroatoms. The molecule has 0 aliphatic carbocycles. The molecule has 8 aromatic rings. The molecule has 3 aliphatic rings. The SMILES string of the molecule is C.C(/C=C/C=C/Nc1ccccc1)=Nc1ccccc1.CC1=Nc2ccc(-c3ccccc3)cc2C1(C)C.CC1=Nc2ccc(Br)cc2C1(C)C.CC1=[N+](CCCCSO[O-])c2ccc(-c3ccccc3)cc2C1(C)C.Cl.OB(O)c1ccccc1. The van der Waals surface area contributed by atoms with Gasteiger partial charge in [-0.15, -0.1) is 12.4 Å². The lowest BCUT2D eigenvalue weighted by Crippen LogP contribution is -2.29. The number of aliphatic imine (C=N–C) groups is 3. The lowest BCUT2D eigenvalue weighted by atomic mass is 9.81. The maximum Gasteiger partial charge on any atom is 0.488 e. The fraction of sp³-hybridized carbons (Fsp3) is 0.233. The Balaban J connectivity index is 0.000000202. The standard InChI is InChI=1S/C21H25NO2S.C17H16N2.C17H17N.C11H12BrN.C6H7BO2.CH4.ClH/c1-16-21(2,3)19-15-18(17-9-5-4-6-10-17)11-12-20(19)22(16)13-7-8-14-25-24-23;1-4-10-16(11-5-1)18-14-8-3-9-15-19-17-12-6-2-7-13-17;1-12-17(2,3)15-11-14(9-10-16(15)18-12)13-7-5-4-6-8-13;1-7-11(2,3)9-6-8(12)4-5-10(9)13-7;8-7(9)6-4-2-1-3-5-6;;/h4-6,9-12,15H,7-8,13-14H2,1-3H3;1-15,18H;4-11H,1-3H3;4-6H,1-3H3;1-5,8-9H;1H4;1H/b;9-3+,14-8+,19-15?;;;;;. The number of benzene rings is 8. The maximum absolute atomic E-state index is 10.0. The zero-order valence-corrected chi connectivity index (χ0v) is 53.3. The van der Waals surface area contributed by atoms with Crippen LogP contribution in [0, 0.1) is 0 Å². The molecule has 0 radical (unpaired) electrons. The van der Waals surface area contributed by atoms with Crippen molar-refractivity contribution in [3.05, 3.63) is 252 Å². The van der Waals surface area contributed by atoms with E-state index in [0.717, 1.165) is 64.4 Å². The summed E-state index contributed by atoms with van der Waals surface area (Å²) in [7, 11) is -1.34. The number of halogens is 2. The van der Waals surface area contributed by atoms with Crippen LogP contribution in [0.1, 0.15) is 99.3 Å². The third-order valence-electron chi connectivity index (χ3n) is 15.6. The van der Waals surface area contributed by atoms with E-state index in [0.29, 0.717) is 5.46 Å². The summed E-state index contributed by atoms with van der Waals surface area (Å²) < 4.78 is 7.39. The third-order valence-corrected chi connectivity index (χ3v) is 16.6. The molecule has 0 amide bonds. The second kappa shape index (κ2) is 33.6. The molecular formula is C73H82BBrClN5O4S. The smallest absolute Gasteiger partial charge is 0.488 e. The number of fused-ring (bicyclic) bond motifs is 3. The van der Waals surface area contributed by atoms with Crippen molar-refractivity contribution in [3.63, 3.8) is 0 Å². The van der Waals surface area contributed by atoms with Gasteiger partial charge in [-0.05, 0) is 164 Å². The second-order valence-corrected chi connectivity index (χ2v) is 23.8. The highest BCUT2D eigenvalue weighted by molar-refractivity contribution is 9.10. The van der Waals surface area contributed by atoms with Crippen LogP contribution >= 0.6 is 40.4 Å². The first-order valence-corrected chi connectivity index (χ1v) is 30.1. The summed E-state index contributed by atoms with van der Waals surface area (Å²) in [6.07, 6.45) is 11.5. The van der Waals surface area contributed by atoms with Gasteiger partial charge in [-0.25, -0.2) is 0 Å². The molecule has 0 aromatic heterocycles. The van der Waals surface area contributed by atoms with Gasteiger partial charge in [0, 0.05) is 75.6 Å². The van der Waals surface area contributed by atoms with Crippen LogP contribution in [-0.4, -0.2) is 57.4 Å². The predicted octanol–water partition coefficient (Wildman–Crippen LogP) is 18.0. The molecule has 0 unspecified atom stereocenters. The molecule has 86 heavy (non-hydrogen) atoms. The predicted molar refractivity (Wildman–Crippen MR) is 374 cm³/mol. The minimum atomic E-state index is -1.34. The fourth-order valence-corrected chi connectivity index (χ4v) is 10.5. The van der Waals surface area contributed by atoms with Crippen LogP contribution in [0.25, 0.3) is 22.3 Å². The summed E-state index contributed by atoms with van der Waals surface area (Å²) in [5, 5.41) is 30.4. The van der Waals surface area contributed by atoms with E-state index in [1.807, 2.05) is 103 Å². The van der Waals surface area contributed by atoms with E-state index in [-0.39, 0.29) is 36.1 Å². The van der Waals surface area contributed by atoms with Crippen molar-refractivity contribution in [2.75, 3.05) is 17.6 Å². The Morgan fingerprint density at radius 3 is 1.60 bits per heavy atom. The number of rotatable bonds is 14. The number of unbranched alkanes of at least 4 members (excludes halogenated alkanes) is 1. The summed E-state index contributed by atoms with van der Waals surface area (Å²) in [6.45, 7) is 20.9. The molecule has 3 heterocycles. The zero-order valence-electron chi connectivity index (χ0n) is 50.1. The molecule has 446 valence electrons. The van der Waals surface area contributed by atoms with Gasteiger partial charge >= 0.3 is 7.12 Å². The highest BCUT2D eigenvalue weighted by Crippen LogP contribution is 2.44. The molecule has 0 saturated heterocycles. The van der Waals surface area contributed by atoms with E-state index in [1.54, 1.807) is 30.5 Å². The Hall–Kier alpha value is -7.26. The summed E-state index contributed by atoms with van der Waals surface area (Å²) >= 11 is 4.48. The quantitative estimate of drug-likeness (QED) is 0.0146. The Kier molecular flexibility index (Phi) is 27.2. The minimum Gasteiger partial charge on any atom is -0.711 e. The minimum absolute atomic E-state index is 0. The topological polar surface area (TPSA) is 125 Å². The monoisotopic (exact) mass is 1250 g/mol. The Morgan fingerprint density at radius 1 is 0.581 bits per heavy atom. The van der Waals surface area contributed by atoms with Gasteiger partial charge in [-0.1, -0.05) is 191 Å². The molecule has 11 rings (SSSR count). The average molecular weight is 1250 g/mol. The molecular weight excluding hydrogens is 1170 g/mol. The van der Waals surface area contributed by atoms with Crippen LogP contribution in [0.3, 0.4) is 0 Å². The molecule has 3 aliphatic heterocycles. The van der Waals surface area contributed by atoms with Crippen molar-refractivity contribution >= 4 is 105 Å². The van der Waals surface area contributed by atoms with Crippen molar-refractivity contribution in [1.29, 1.82) is 0 Å². The number of hydrogen-bond donors (Lipinski definition) is 3. The molecule has 0 atom stereocenters. The zero-order chi connectivity index (χ0) is 60.1. The van der Waals surface area contributed by atoms with Gasteiger partial charge in [0.1, 0.15) is 6.54 Å². The number of hydrogen-bond acceptors (Lipinski definition) is 9. The van der Waals surface area contributed by atoms with E-state index in [4.69, 9.17) is 10.0 Å². The maximum atomic E-state index is 10.0. The van der Waals surface area contributed by atoms with E-state index in [2.05, 4.69) is 211 Å². The van der Waals surface area contributed by atoms with Crippen LogP contribution in [0.4, 0.5) is 28.4 Å². The van der Waals surface area contributed by atoms with Crippen LogP contribution in [-0.2, 0) is 20.6 Å². The number of nitrogens with zero attached hydrogens (tertiary/aromatic N) is 4. The largest absolute Gasteiger partial charge is 0.711 e. The van der Waals surface area contributed by atoms with Crippen molar-refractivity contribution in [1.82, 2.24) is 0 Å². The van der Waals surface area contributed by atoms with Gasteiger partial charge in [-0.2, -0.15) is 4.58 Å². The van der Waals surface area contributed by atoms with Gasteiger partial charge < -0.3 is 25.0 Å². The third kappa shape index (κ3) is 18.9. The summed E-state index contributed by atoms with van der Waals surface area (Å²) in [5.41, 5.74) is 19.2. The lowest BCUT2D eigenvalue weighted by molar-refractivity contribution is -0.630. The number of nitrogens with one attached hydrogen (secondary N) is 1. The Bertz CT molecular complexity index is 3600. The fourth-order valence-electron chi connectivity index (χ4n) is 9.75. The van der Waals surface area contributed by atoms with E-state index < -0.39 is 7.12 Å². The molecule has 0 spiro atoms. The molecule has 0 bridgehead atoms. The van der Waals surface area contributed by atoms with Crippen LogP contribution in [0.5, 0.6) is 0 Å². The first kappa shape index (κ1) is 69.5. The number of allylic oxidation sites excluding steroid dienone is 3. The van der Waals surface area contributed by atoms with Gasteiger partial charge in [0.2, 0.25) is 5.69 Å². The average Bonchev–Trinajstić information content (AvgIpc) is 2.27. The molecule has 0 fully saturated rings. The summed E-state index contributed by atoms with van der Waals surface area (Å²) in [5.74, 6) is 0.750. The number of para-hydroxylation sites is 2. The Labute approximate surface area is 531 Å². The second-order valence-electron chi connectivity index (χ2n) is 22.1. The Morgan fingerprint density at radius 2 is 1.07 bits per heavy atom. The van der Waals surface area contributed by atoms with Gasteiger partial charge in [0.05, 0.1) is 22.5 Å². The highest BCUT2D eigenvalue weighted by Gasteiger charge is 2.43. The summed E-state index contributed by atoms with van der Waals surface area (Å²) in [6, 6.07) is 69.3. The summed E-state index contributed by atoms with van der Waals surface area (Å²) in [4.78, 5) is 13.5. The molecule has 8 aromatic carbocycles. The normalized spacial score (nSPS) is 14.2. The van der Waals surface area contributed by atoms with E-state index >= 15 is 0 Å². The van der Waals surface area contributed by atoms with Crippen LogP contribution in [0.15, 0.2) is 250 Å². The van der Waals surface area contributed by atoms with Gasteiger partial charge in [0.25, 0.3) is 0 Å². The first-order valence-electron chi connectivity index (χ1n) is 28.4. The van der Waals surface area contributed by atoms with Crippen molar-refractivity contribution in [3.8, 4) is 22.3 Å². The van der Waals surface area contributed by atoms with Crippen molar-refractivity contribution in [2.45, 2.75) is 98.8 Å². The van der Waals surface area contributed by atoms with Crippen LogP contribution in [0.2, 0.25) is 0 Å². The van der Waals surface area contributed by atoms with Gasteiger partial charge in [-0.3, -0.25) is 15.0 Å². The first-order chi connectivity index (χ1) is 40.4. The van der Waals surface area contributed by atoms with Crippen LogP contribution < -0.4 is 16.0 Å². The molecule has 3 N–H and O–H groups in total. The number of anilines is 1. The van der Waals surface area contributed by atoms with E-state index in [9.17, 15) is 5.26 Å². The molecule has 9 nitrogen and oxygen atoms in total. The lowest BCUT2D eigenvalue weighted by Gasteiger charge is -2.20.